The van der Waals surface area contributed by atoms with Crippen LogP contribution in [0, 0.1) is 6.92 Å². The Morgan fingerprint density at radius 3 is 2.92 bits per heavy atom. The van der Waals surface area contributed by atoms with Crippen molar-refractivity contribution in [2.45, 2.75) is 32.4 Å². The van der Waals surface area contributed by atoms with Crippen LogP contribution < -0.4 is 5.32 Å². The summed E-state index contributed by atoms with van der Waals surface area (Å²) in [6, 6.07) is 8.87. The first-order chi connectivity index (χ1) is 11.7. The third-order valence-electron chi connectivity index (χ3n) is 4.98. The van der Waals surface area contributed by atoms with Crippen LogP contribution in [0.4, 0.5) is 0 Å². The maximum atomic E-state index is 12.3. The second kappa shape index (κ2) is 8.60. The van der Waals surface area contributed by atoms with Crippen LogP contribution in [0.1, 0.15) is 24.0 Å². The highest BCUT2D eigenvalue weighted by atomic mass is 16.5. The first kappa shape index (κ1) is 17.4. The summed E-state index contributed by atoms with van der Waals surface area (Å²) in [4.78, 5) is 17.1. The van der Waals surface area contributed by atoms with Gasteiger partial charge in [0, 0.05) is 32.2 Å². The van der Waals surface area contributed by atoms with E-state index >= 15 is 0 Å². The molecule has 1 unspecified atom stereocenters. The summed E-state index contributed by atoms with van der Waals surface area (Å²) in [5.41, 5.74) is 2.39. The summed E-state index contributed by atoms with van der Waals surface area (Å²) in [6.07, 6.45) is 2.41. The first-order valence-electron chi connectivity index (χ1n) is 9.07. The summed E-state index contributed by atoms with van der Waals surface area (Å²) >= 11 is 0. The lowest BCUT2D eigenvalue weighted by atomic mass is 10.0. The average molecular weight is 331 g/mol. The largest absolute Gasteiger partial charge is 0.379 e. The molecule has 1 aromatic rings. The van der Waals surface area contributed by atoms with Gasteiger partial charge in [-0.05, 0) is 31.9 Å². The molecule has 0 aromatic heterocycles. The van der Waals surface area contributed by atoms with E-state index in [-0.39, 0.29) is 5.91 Å². The zero-order valence-corrected chi connectivity index (χ0v) is 14.7. The molecule has 3 rings (SSSR count). The highest BCUT2D eigenvalue weighted by molar-refractivity contribution is 5.78. The van der Waals surface area contributed by atoms with Gasteiger partial charge < -0.3 is 10.1 Å². The Labute approximate surface area is 145 Å². The minimum absolute atomic E-state index is 0.124. The molecule has 5 nitrogen and oxygen atoms in total. The zero-order chi connectivity index (χ0) is 16.8. The molecule has 2 fully saturated rings. The molecule has 5 heteroatoms. The Balaban J connectivity index is 1.43. The number of rotatable bonds is 5. The molecule has 1 atom stereocenters. The Kier molecular flexibility index (Phi) is 6.24. The molecule has 2 aliphatic rings. The van der Waals surface area contributed by atoms with E-state index in [1.807, 2.05) is 6.07 Å². The number of carbonyl (C=O) groups excluding carboxylic acids is 1. The van der Waals surface area contributed by atoms with Gasteiger partial charge in [-0.15, -0.1) is 0 Å². The number of likely N-dealkylation sites (tertiary alicyclic amines) is 1. The van der Waals surface area contributed by atoms with Crippen molar-refractivity contribution in [3.05, 3.63) is 35.4 Å². The third kappa shape index (κ3) is 5.03. The molecule has 0 aliphatic carbocycles. The molecule has 24 heavy (non-hydrogen) atoms. The number of nitrogens with one attached hydrogen (secondary N) is 1. The van der Waals surface area contributed by atoms with Gasteiger partial charge >= 0.3 is 0 Å². The van der Waals surface area contributed by atoms with Crippen molar-refractivity contribution in [2.75, 3.05) is 45.9 Å². The molecule has 0 saturated carbocycles. The van der Waals surface area contributed by atoms with E-state index in [1.165, 1.54) is 18.4 Å². The van der Waals surface area contributed by atoms with Crippen LogP contribution in [0.25, 0.3) is 0 Å². The summed E-state index contributed by atoms with van der Waals surface area (Å²) in [6.45, 7) is 8.95. The Hall–Kier alpha value is -1.43. The van der Waals surface area contributed by atoms with E-state index < -0.39 is 0 Å². The number of hydrogen-bond acceptors (Lipinski definition) is 4. The smallest absolute Gasteiger partial charge is 0.234 e. The predicted octanol–water partition coefficient (Wildman–Crippen LogP) is 1.41. The lowest BCUT2D eigenvalue weighted by Crippen LogP contribution is -2.53. The van der Waals surface area contributed by atoms with E-state index in [1.54, 1.807) is 0 Å². The van der Waals surface area contributed by atoms with Crippen LogP contribution >= 0.6 is 0 Å². The topological polar surface area (TPSA) is 44.8 Å². The number of piperidine rings is 1. The fraction of sp³-hybridized carbons (Fsp3) is 0.632. The van der Waals surface area contributed by atoms with Crippen LogP contribution in [-0.2, 0) is 16.1 Å². The van der Waals surface area contributed by atoms with Gasteiger partial charge in [0.1, 0.15) is 0 Å². The monoisotopic (exact) mass is 331 g/mol. The summed E-state index contributed by atoms with van der Waals surface area (Å²) in [7, 11) is 0. The number of carbonyl (C=O) groups is 1. The van der Waals surface area contributed by atoms with Gasteiger partial charge in [0.15, 0.2) is 0 Å². The van der Waals surface area contributed by atoms with E-state index in [0.29, 0.717) is 19.1 Å². The predicted molar refractivity (Wildman–Crippen MR) is 94.9 cm³/mol. The highest BCUT2D eigenvalue weighted by Crippen LogP contribution is 2.17. The summed E-state index contributed by atoms with van der Waals surface area (Å²) in [5.74, 6) is 0.124. The maximum absolute atomic E-state index is 12.3. The maximum Gasteiger partial charge on any atom is 0.234 e. The van der Waals surface area contributed by atoms with Crippen LogP contribution in [0.5, 0.6) is 0 Å². The molecule has 1 amide bonds. The van der Waals surface area contributed by atoms with Crippen LogP contribution in [0.15, 0.2) is 24.3 Å². The molecule has 132 valence electrons. The van der Waals surface area contributed by atoms with Crippen molar-refractivity contribution >= 4 is 5.91 Å². The minimum Gasteiger partial charge on any atom is -0.379 e. The lowest BCUT2D eigenvalue weighted by Gasteiger charge is -2.40. The standard InChI is InChI=1S/C19H29N3O2/c1-16-4-2-5-17(12-16)13-20-19(23)15-21-7-3-6-18(14-21)22-8-10-24-11-9-22/h2,4-5,12,18H,3,6-11,13-15H2,1H3,(H,20,23). The third-order valence-corrected chi connectivity index (χ3v) is 4.98. The Morgan fingerprint density at radius 2 is 2.12 bits per heavy atom. The van der Waals surface area contributed by atoms with Crippen molar-refractivity contribution in [3.8, 4) is 0 Å². The van der Waals surface area contributed by atoms with E-state index in [2.05, 4.69) is 40.2 Å². The fourth-order valence-electron chi connectivity index (χ4n) is 3.70. The second-order valence-corrected chi connectivity index (χ2v) is 6.95. The van der Waals surface area contributed by atoms with Crippen molar-refractivity contribution in [1.82, 2.24) is 15.1 Å². The van der Waals surface area contributed by atoms with Crippen LogP contribution in [0.2, 0.25) is 0 Å². The molecule has 2 heterocycles. The van der Waals surface area contributed by atoms with E-state index in [0.717, 1.165) is 45.0 Å². The first-order valence-corrected chi connectivity index (χ1v) is 9.07. The molecule has 2 saturated heterocycles. The van der Waals surface area contributed by atoms with Crippen LogP contribution in [0.3, 0.4) is 0 Å². The minimum atomic E-state index is 0.124. The quantitative estimate of drug-likeness (QED) is 0.886. The van der Waals surface area contributed by atoms with Gasteiger partial charge in [-0.2, -0.15) is 0 Å². The number of morpholine rings is 1. The average Bonchev–Trinajstić information content (AvgIpc) is 2.61. The lowest BCUT2D eigenvalue weighted by molar-refractivity contribution is -0.123. The molecule has 0 radical (unpaired) electrons. The Bertz CT molecular complexity index is 543. The number of ether oxygens (including phenoxy) is 1. The summed E-state index contributed by atoms with van der Waals surface area (Å²) < 4.78 is 5.44. The number of amides is 1. The van der Waals surface area contributed by atoms with Gasteiger partial charge in [-0.3, -0.25) is 14.6 Å². The second-order valence-electron chi connectivity index (χ2n) is 6.95. The van der Waals surface area contributed by atoms with Gasteiger partial charge in [-0.1, -0.05) is 29.8 Å². The Morgan fingerprint density at radius 1 is 1.29 bits per heavy atom. The molecule has 0 bridgehead atoms. The number of nitrogens with zero attached hydrogens (tertiary/aromatic N) is 2. The number of hydrogen-bond donors (Lipinski definition) is 1. The zero-order valence-electron chi connectivity index (χ0n) is 14.7. The van der Waals surface area contributed by atoms with E-state index in [9.17, 15) is 4.79 Å². The van der Waals surface area contributed by atoms with Crippen LogP contribution in [-0.4, -0.2) is 67.7 Å². The molecule has 1 aromatic carbocycles. The number of benzene rings is 1. The number of aryl methyl sites for hydroxylation is 1. The van der Waals surface area contributed by atoms with Crippen molar-refractivity contribution in [1.29, 1.82) is 0 Å². The molecular weight excluding hydrogens is 302 g/mol. The van der Waals surface area contributed by atoms with Gasteiger partial charge in [-0.25, -0.2) is 0 Å². The molecule has 2 aliphatic heterocycles. The van der Waals surface area contributed by atoms with Gasteiger partial charge in [0.25, 0.3) is 0 Å². The fourth-order valence-corrected chi connectivity index (χ4v) is 3.70. The van der Waals surface area contributed by atoms with Crippen molar-refractivity contribution in [3.63, 3.8) is 0 Å². The van der Waals surface area contributed by atoms with E-state index in [4.69, 9.17) is 4.74 Å². The SMILES string of the molecule is Cc1cccc(CNC(=O)CN2CCCC(N3CCOCC3)C2)c1. The summed E-state index contributed by atoms with van der Waals surface area (Å²) in [5, 5.41) is 3.05. The van der Waals surface area contributed by atoms with Gasteiger partial charge in [0.2, 0.25) is 5.91 Å². The van der Waals surface area contributed by atoms with Gasteiger partial charge in [0.05, 0.1) is 19.8 Å². The molecular formula is C19H29N3O2. The van der Waals surface area contributed by atoms with Crippen molar-refractivity contribution in [2.24, 2.45) is 0 Å². The van der Waals surface area contributed by atoms with Crippen molar-refractivity contribution < 1.29 is 9.53 Å². The highest BCUT2D eigenvalue weighted by Gasteiger charge is 2.27. The molecule has 0 spiro atoms. The normalized spacial score (nSPS) is 23.1. The molecule has 1 N–H and O–H groups in total.